The average molecular weight is 381 g/mol. The van der Waals surface area contributed by atoms with Crippen LogP contribution in [0.3, 0.4) is 0 Å². The van der Waals surface area contributed by atoms with E-state index in [1.807, 2.05) is 50.1 Å². The van der Waals surface area contributed by atoms with Crippen molar-refractivity contribution in [2.24, 2.45) is 0 Å². The summed E-state index contributed by atoms with van der Waals surface area (Å²) in [7, 11) is 1.97. The Labute approximate surface area is 171 Å². The van der Waals surface area contributed by atoms with Gasteiger partial charge in [-0.05, 0) is 43.5 Å². The highest BCUT2D eigenvalue weighted by Crippen LogP contribution is 2.28. The predicted octanol–water partition coefficient (Wildman–Crippen LogP) is 5.50. The SMILES string of the molecule is CC.CCC(C(=O)N(C)[C@H](CN1CCCC1)c1ccccc1)c1ccccc1. The number of hydrogen-bond donors (Lipinski definition) is 0. The van der Waals surface area contributed by atoms with E-state index in [9.17, 15) is 4.79 Å². The third kappa shape index (κ3) is 5.68. The Morgan fingerprint density at radius 1 is 0.929 bits per heavy atom. The van der Waals surface area contributed by atoms with Gasteiger partial charge in [0.2, 0.25) is 5.91 Å². The summed E-state index contributed by atoms with van der Waals surface area (Å²) in [6.45, 7) is 9.29. The second-order valence-electron chi connectivity index (χ2n) is 7.25. The first-order valence-corrected chi connectivity index (χ1v) is 10.8. The van der Waals surface area contributed by atoms with Gasteiger partial charge in [-0.3, -0.25) is 4.79 Å². The molecule has 0 aliphatic carbocycles. The van der Waals surface area contributed by atoms with Crippen molar-refractivity contribution in [1.29, 1.82) is 0 Å². The van der Waals surface area contributed by atoms with Crippen LogP contribution in [0.1, 0.15) is 63.1 Å². The summed E-state index contributed by atoms with van der Waals surface area (Å²) < 4.78 is 0. The minimum absolute atomic E-state index is 0.0778. The second kappa shape index (κ2) is 11.7. The molecule has 3 heteroatoms. The van der Waals surface area contributed by atoms with Gasteiger partial charge < -0.3 is 9.80 Å². The Bertz CT molecular complexity index is 680. The lowest BCUT2D eigenvalue weighted by atomic mass is 9.93. The number of carbonyl (C=O) groups is 1. The molecule has 3 nitrogen and oxygen atoms in total. The topological polar surface area (TPSA) is 23.6 Å². The molecule has 2 aromatic carbocycles. The van der Waals surface area contributed by atoms with E-state index >= 15 is 0 Å². The molecule has 3 rings (SSSR count). The highest BCUT2D eigenvalue weighted by atomic mass is 16.2. The van der Waals surface area contributed by atoms with Gasteiger partial charge >= 0.3 is 0 Å². The largest absolute Gasteiger partial charge is 0.337 e. The van der Waals surface area contributed by atoms with Crippen LogP contribution in [-0.2, 0) is 4.79 Å². The number of benzene rings is 2. The van der Waals surface area contributed by atoms with Crippen LogP contribution in [0.25, 0.3) is 0 Å². The molecule has 0 bridgehead atoms. The van der Waals surface area contributed by atoms with Crippen molar-refractivity contribution in [3.8, 4) is 0 Å². The average Bonchev–Trinajstić information content (AvgIpc) is 3.28. The van der Waals surface area contributed by atoms with E-state index in [0.29, 0.717) is 0 Å². The molecule has 0 saturated carbocycles. The van der Waals surface area contributed by atoms with Gasteiger partial charge in [-0.25, -0.2) is 0 Å². The summed E-state index contributed by atoms with van der Waals surface area (Å²) >= 11 is 0. The van der Waals surface area contributed by atoms with E-state index in [1.54, 1.807) is 0 Å². The normalized spacial score (nSPS) is 16.0. The van der Waals surface area contributed by atoms with Gasteiger partial charge in [-0.15, -0.1) is 0 Å². The zero-order valence-corrected chi connectivity index (χ0v) is 18.0. The van der Waals surface area contributed by atoms with Crippen molar-refractivity contribution in [3.05, 3.63) is 71.8 Å². The molecule has 1 aliphatic heterocycles. The number of carbonyl (C=O) groups excluding carboxylic acids is 1. The number of hydrogen-bond acceptors (Lipinski definition) is 2. The Morgan fingerprint density at radius 3 is 1.93 bits per heavy atom. The zero-order valence-electron chi connectivity index (χ0n) is 18.0. The molecule has 0 N–H and O–H groups in total. The molecule has 152 valence electrons. The monoisotopic (exact) mass is 380 g/mol. The summed E-state index contributed by atoms with van der Waals surface area (Å²) in [5, 5.41) is 0. The lowest BCUT2D eigenvalue weighted by Gasteiger charge is -2.34. The first-order valence-electron chi connectivity index (χ1n) is 10.8. The first-order chi connectivity index (χ1) is 13.7. The van der Waals surface area contributed by atoms with Crippen molar-refractivity contribution in [3.63, 3.8) is 0 Å². The molecule has 1 saturated heterocycles. The third-order valence-corrected chi connectivity index (χ3v) is 5.54. The summed E-state index contributed by atoms with van der Waals surface area (Å²) in [4.78, 5) is 17.8. The summed E-state index contributed by atoms with van der Waals surface area (Å²) in [5.74, 6) is 0.137. The Hall–Kier alpha value is -2.13. The van der Waals surface area contributed by atoms with E-state index in [1.165, 1.54) is 18.4 Å². The van der Waals surface area contributed by atoms with Crippen molar-refractivity contribution < 1.29 is 4.79 Å². The zero-order chi connectivity index (χ0) is 20.4. The Morgan fingerprint density at radius 2 is 1.43 bits per heavy atom. The molecular formula is C25H36N2O. The molecule has 1 unspecified atom stereocenters. The van der Waals surface area contributed by atoms with Crippen molar-refractivity contribution in [2.75, 3.05) is 26.7 Å². The smallest absolute Gasteiger partial charge is 0.230 e. The van der Waals surface area contributed by atoms with Gasteiger partial charge in [0, 0.05) is 13.6 Å². The van der Waals surface area contributed by atoms with E-state index in [0.717, 1.165) is 31.6 Å². The maximum absolute atomic E-state index is 13.4. The third-order valence-electron chi connectivity index (χ3n) is 5.54. The summed E-state index contributed by atoms with van der Waals surface area (Å²) in [5.41, 5.74) is 2.33. The second-order valence-corrected chi connectivity index (χ2v) is 7.25. The number of amides is 1. The fraction of sp³-hybridized carbons (Fsp3) is 0.480. The molecule has 0 radical (unpaired) electrons. The van der Waals surface area contributed by atoms with Crippen molar-refractivity contribution in [2.45, 2.75) is 52.0 Å². The van der Waals surface area contributed by atoms with Crippen LogP contribution in [0.5, 0.6) is 0 Å². The van der Waals surface area contributed by atoms with Gasteiger partial charge in [0.1, 0.15) is 0 Å². The standard InChI is InChI=1S/C23H30N2O.C2H6/c1-3-21(19-12-6-4-7-13-19)23(26)24(2)22(18-25-16-10-11-17-25)20-14-8-5-9-15-20;1-2/h4-9,12-15,21-22H,3,10-11,16-18H2,1-2H3;1-2H3/t21?,22-;/m1./s1. The fourth-order valence-corrected chi connectivity index (χ4v) is 3.97. The summed E-state index contributed by atoms with van der Waals surface area (Å²) in [6.07, 6.45) is 3.35. The predicted molar refractivity (Wildman–Crippen MR) is 118 cm³/mol. The van der Waals surface area contributed by atoms with Gasteiger partial charge in [0.15, 0.2) is 0 Å². The lowest BCUT2D eigenvalue weighted by Crippen LogP contribution is -2.40. The minimum atomic E-state index is -0.0778. The van der Waals surface area contributed by atoms with Crippen LogP contribution in [0.2, 0.25) is 0 Å². The molecule has 1 heterocycles. The molecule has 0 spiro atoms. The Kier molecular flexibility index (Phi) is 9.22. The van der Waals surface area contributed by atoms with Gasteiger partial charge in [0.05, 0.1) is 12.0 Å². The van der Waals surface area contributed by atoms with Crippen LogP contribution in [-0.4, -0.2) is 42.4 Å². The Balaban J connectivity index is 0.00000136. The molecule has 1 amide bonds. The van der Waals surface area contributed by atoms with E-state index in [-0.39, 0.29) is 17.9 Å². The maximum Gasteiger partial charge on any atom is 0.230 e. The minimum Gasteiger partial charge on any atom is -0.337 e. The summed E-state index contributed by atoms with van der Waals surface area (Å²) in [6, 6.07) is 20.7. The number of rotatable bonds is 7. The molecule has 2 aromatic rings. The highest BCUT2D eigenvalue weighted by Gasteiger charge is 2.29. The van der Waals surface area contributed by atoms with Crippen molar-refractivity contribution >= 4 is 5.91 Å². The van der Waals surface area contributed by atoms with E-state index < -0.39 is 0 Å². The van der Waals surface area contributed by atoms with Crippen LogP contribution in [0.15, 0.2) is 60.7 Å². The van der Waals surface area contributed by atoms with Crippen molar-refractivity contribution in [1.82, 2.24) is 9.80 Å². The van der Waals surface area contributed by atoms with Gasteiger partial charge in [-0.2, -0.15) is 0 Å². The van der Waals surface area contributed by atoms with Gasteiger partial charge in [-0.1, -0.05) is 81.4 Å². The van der Waals surface area contributed by atoms with Crippen LogP contribution in [0, 0.1) is 0 Å². The number of likely N-dealkylation sites (N-methyl/N-ethyl adjacent to an activating group) is 1. The van der Waals surface area contributed by atoms with Crippen LogP contribution >= 0.6 is 0 Å². The van der Waals surface area contributed by atoms with Crippen LogP contribution in [0.4, 0.5) is 0 Å². The number of nitrogens with zero attached hydrogens (tertiary/aromatic N) is 2. The molecular weight excluding hydrogens is 344 g/mol. The fourth-order valence-electron chi connectivity index (χ4n) is 3.97. The first kappa shape index (κ1) is 22.2. The number of likely N-dealkylation sites (tertiary alicyclic amines) is 1. The highest BCUT2D eigenvalue weighted by molar-refractivity contribution is 5.84. The molecule has 1 aliphatic rings. The quantitative estimate of drug-likeness (QED) is 0.633. The van der Waals surface area contributed by atoms with E-state index in [4.69, 9.17) is 0 Å². The molecule has 2 atom stereocenters. The van der Waals surface area contributed by atoms with E-state index in [2.05, 4.69) is 48.2 Å². The van der Waals surface area contributed by atoms with Gasteiger partial charge in [0.25, 0.3) is 0 Å². The van der Waals surface area contributed by atoms with Crippen LogP contribution < -0.4 is 0 Å². The maximum atomic E-state index is 13.4. The lowest BCUT2D eigenvalue weighted by molar-refractivity contribution is -0.134. The molecule has 0 aromatic heterocycles. The molecule has 28 heavy (non-hydrogen) atoms. The molecule has 1 fully saturated rings.